The molecule has 1 rings (SSSR count). The lowest BCUT2D eigenvalue weighted by Crippen LogP contribution is -2.41. The zero-order valence-corrected chi connectivity index (χ0v) is 9.79. The molecule has 0 aromatic heterocycles. The van der Waals surface area contributed by atoms with Crippen molar-refractivity contribution in [2.45, 2.75) is 46.1 Å². The summed E-state index contributed by atoms with van der Waals surface area (Å²) >= 11 is 0. The van der Waals surface area contributed by atoms with Gasteiger partial charge in [-0.2, -0.15) is 5.26 Å². The van der Waals surface area contributed by atoms with E-state index in [1.165, 1.54) is 6.42 Å². The van der Waals surface area contributed by atoms with Crippen LogP contribution in [0.4, 0.5) is 0 Å². The minimum absolute atomic E-state index is 0.121. The number of nitrogens with one attached hydrogen (secondary N) is 1. The van der Waals surface area contributed by atoms with Gasteiger partial charge in [0.15, 0.2) is 0 Å². The normalized spacial score (nSPS) is 32.8. The van der Waals surface area contributed by atoms with Crippen LogP contribution in [0.5, 0.6) is 0 Å². The van der Waals surface area contributed by atoms with Crippen LogP contribution in [0.3, 0.4) is 0 Å². The first-order valence-corrected chi connectivity index (χ1v) is 5.74. The van der Waals surface area contributed by atoms with Crippen LogP contribution in [0.1, 0.15) is 40.0 Å². The molecule has 1 amide bonds. The molecule has 4 unspecified atom stereocenters. The topological polar surface area (TPSA) is 52.9 Å². The Morgan fingerprint density at radius 1 is 1.40 bits per heavy atom. The van der Waals surface area contributed by atoms with E-state index in [0.29, 0.717) is 5.92 Å². The number of amides is 1. The van der Waals surface area contributed by atoms with Gasteiger partial charge in [0.1, 0.15) is 5.92 Å². The minimum atomic E-state index is -0.528. The Kier molecular flexibility index (Phi) is 4.14. The summed E-state index contributed by atoms with van der Waals surface area (Å²) < 4.78 is 0. The molecule has 0 saturated heterocycles. The highest BCUT2D eigenvalue weighted by atomic mass is 16.1. The molecule has 3 nitrogen and oxygen atoms in total. The molecule has 0 aromatic rings. The van der Waals surface area contributed by atoms with Gasteiger partial charge in [-0.1, -0.05) is 13.8 Å². The molecule has 0 heterocycles. The van der Waals surface area contributed by atoms with E-state index in [9.17, 15) is 4.79 Å². The maximum Gasteiger partial charge on any atom is 0.237 e. The van der Waals surface area contributed by atoms with Crippen molar-refractivity contribution in [3.63, 3.8) is 0 Å². The Morgan fingerprint density at radius 3 is 2.60 bits per heavy atom. The Labute approximate surface area is 91.9 Å². The van der Waals surface area contributed by atoms with E-state index in [2.05, 4.69) is 19.2 Å². The van der Waals surface area contributed by atoms with Crippen LogP contribution in [0, 0.1) is 29.1 Å². The molecule has 1 fully saturated rings. The molecule has 1 saturated carbocycles. The predicted molar refractivity (Wildman–Crippen MR) is 58.9 cm³/mol. The molecule has 84 valence electrons. The zero-order valence-electron chi connectivity index (χ0n) is 9.79. The molecule has 1 aliphatic carbocycles. The summed E-state index contributed by atoms with van der Waals surface area (Å²) in [7, 11) is 0. The highest BCUT2D eigenvalue weighted by Crippen LogP contribution is 2.29. The number of nitriles is 1. The Bertz CT molecular complexity index is 269. The van der Waals surface area contributed by atoms with Gasteiger partial charge in [0.05, 0.1) is 6.07 Å². The van der Waals surface area contributed by atoms with Gasteiger partial charge in [-0.05, 0) is 38.0 Å². The van der Waals surface area contributed by atoms with E-state index < -0.39 is 5.92 Å². The van der Waals surface area contributed by atoms with Crippen molar-refractivity contribution in [2.75, 3.05) is 0 Å². The SMILES string of the molecule is CC(C#N)C(=O)NC1CCC(C)C(C)C1. The first kappa shape index (κ1) is 12.0. The lowest BCUT2D eigenvalue weighted by atomic mass is 9.79. The molecule has 0 bridgehead atoms. The maximum absolute atomic E-state index is 11.5. The fraction of sp³-hybridized carbons (Fsp3) is 0.833. The second-order valence-corrected chi connectivity index (χ2v) is 4.82. The summed E-state index contributed by atoms with van der Waals surface area (Å²) in [5, 5.41) is 11.6. The van der Waals surface area contributed by atoms with Crippen LogP contribution in [0.25, 0.3) is 0 Å². The Morgan fingerprint density at radius 2 is 2.07 bits per heavy atom. The molecular weight excluding hydrogens is 188 g/mol. The first-order valence-electron chi connectivity index (χ1n) is 5.74. The molecule has 0 aliphatic heterocycles. The summed E-state index contributed by atoms with van der Waals surface area (Å²) in [6, 6.07) is 2.24. The van der Waals surface area contributed by atoms with Gasteiger partial charge in [0.25, 0.3) is 0 Å². The largest absolute Gasteiger partial charge is 0.352 e. The van der Waals surface area contributed by atoms with Gasteiger partial charge in [-0.25, -0.2) is 0 Å². The van der Waals surface area contributed by atoms with Crippen molar-refractivity contribution in [1.82, 2.24) is 5.32 Å². The quantitative estimate of drug-likeness (QED) is 0.755. The summed E-state index contributed by atoms with van der Waals surface area (Å²) in [5.41, 5.74) is 0. The highest BCUT2D eigenvalue weighted by molar-refractivity contribution is 5.80. The van der Waals surface area contributed by atoms with Gasteiger partial charge in [-0.15, -0.1) is 0 Å². The van der Waals surface area contributed by atoms with Gasteiger partial charge >= 0.3 is 0 Å². The van der Waals surface area contributed by atoms with Gasteiger partial charge in [0.2, 0.25) is 5.91 Å². The van der Waals surface area contributed by atoms with E-state index in [1.54, 1.807) is 6.92 Å². The summed E-state index contributed by atoms with van der Waals surface area (Å²) in [6.07, 6.45) is 3.27. The fourth-order valence-corrected chi connectivity index (χ4v) is 2.06. The second-order valence-electron chi connectivity index (χ2n) is 4.82. The molecule has 0 radical (unpaired) electrons. The molecule has 15 heavy (non-hydrogen) atoms. The van der Waals surface area contributed by atoms with E-state index in [4.69, 9.17) is 5.26 Å². The van der Waals surface area contributed by atoms with E-state index in [1.807, 2.05) is 6.07 Å². The minimum Gasteiger partial charge on any atom is -0.352 e. The van der Waals surface area contributed by atoms with Crippen molar-refractivity contribution in [1.29, 1.82) is 5.26 Å². The maximum atomic E-state index is 11.5. The Hall–Kier alpha value is -1.04. The molecular formula is C12H20N2O. The molecule has 0 aromatic carbocycles. The lowest BCUT2D eigenvalue weighted by molar-refractivity contribution is -0.124. The van der Waals surface area contributed by atoms with Crippen LogP contribution in [0.2, 0.25) is 0 Å². The van der Waals surface area contributed by atoms with Crippen LogP contribution in [-0.2, 0) is 4.79 Å². The Balaban J connectivity index is 2.41. The van der Waals surface area contributed by atoms with Crippen molar-refractivity contribution in [2.24, 2.45) is 17.8 Å². The van der Waals surface area contributed by atoms with E-state index >= 15 is 0 Å². The van der Waals surface area contributed by atoms with Gasteiger partial charge in [-0.3, -0.25) is 4.79 Å². The second kappa shape index (κ2) is 5.16. The number of carbonyl (C=O) groups excluding carboxylic acids is 1. The van der Waals surface area contributed by atoms with Gasteiger partial charge in [0, 0.05) is 6.04 Å². The van der Waals surface area contributed by atoms with Crippen LogP contribution in [-0.4, -0.2) is 11.9 Å². The smallest absolute Gasteiger partial charge is 0.237 e. The molecule has 1 N–H and O–H groups in total. The molecule has 4 atom stereocenters. The van der Waals surface area contributed by atoms with Crippen molar-refractivity contribution in [3.8, 4) is 6.07 Å². The standard InChI is InChI=1S/C12H20N2O/c1-8-4-5-11(6-9(8)2)14-12(15)10(3)7-13/h8-11H,4-6H2,1-3H3,(H,14,15). The third kappa shape index (κ3) is 3.23. The third-order valence-electron chi connectivity index (χ3n) is 3.53. The fourth-order valence-electron chi connectivity index (χ4n) is 2.06. The van der Waals surface area contributed by atoms with Crippen molar-refractivity contribution < 1.29 is 4.79 Å². The van der Waals surface area contributed by atoms with Crippen LogP contribution < -0.4 is 5.32 Å². The van der Waals surface area contributed by atoms with E-state index in [0.717, 1.165) is 18.8 Å². The number of nitrogens with zero attached hydrogens (tertiary/aromatic N) is 1. The summed E-state index contributed by atoms with van der Waals surface area (Å²) in [4.78, 5) is 11.5. The highest BCUT2D eigenvalue weighted by Gasteiger charge is 2.26. The number of carbonyl (C=O) groups is 1. The number of hydrogen-bond acceptors (Lipinski definition) is 2. The predicted octanol–water partition coefficient (Wildman–Crippen LogP) is 2.09. The zero-order chi connectivity index (χ0) is 11.4. The molecule has 3 heteroatoms. The average Bonchev–Trinajstić information content (AvgIpc) is 2.22. The van der Waals surface area contributed by atoms with E-state index in [-0.39, 0.29) is 11.9 Å². The monoisotopic (exact) mass is 208 g/mol. The first-order chi connectivity index (χ1) is 7.04. The van der Waals surface area contributed by atoms with Crippen molar-refractivity contribution in [3.05, 3.63) is 0 Å². The van der Waals surface area contributed by atoms with Gasteiger partial charge < -0.3 is 5.32 Å². The molecule has 0 spiro atoms. The third-order valence-corrected chi connectivity index (χ3v) is 3.53. The number of hydrogen-bond donors (Lipinski definition) is 1. The lowest BCUT2D eigenvalue weighted by Gasteiger charge is -2.32. The summed E-state index contributed by atoms with van der Waals surface area (Å²) in [6.45, 7) is 6.14. The van der Waals surface area contributed by atoms with Crippen molar-refractivity contribution >= 4 is 5.91 Å². The average molecular weight is 208 g/mol. The number of rotatable bonds is 2. The van der Waals surface area contributed by atoms with Crippen LogP contribution in [0.15, 0.2) is 0 Å². The summed E-state index contributed by atoms with van der Waals surface area (Å²) in [5.74, 6) is 0.775. The molecule has 1 aliphatic rings. The van der Waals surface area contributed by atoms with Crippen LogP contribution >= 0.6 is 0 Å².